The molecule has 0 spiro atoms. The highest BCUT2D eigenvalue weighted by Crippen LogP contribution is 2.22. The summed E-state index contributed by atoms with van der Waals surface area (Å²) >= 11 is 0. The molecule has 0 aliphatic carbocycles. The summed E-state index contributed by atoms with van der Waals surface area (Å²) in [7, 11) is 0. The Labute approximate surface area is 166 Å². The summed E-state index contributed by atoms with van der Waals surface area (Å²) in [5.41, 5.74) is 2.81. The minimum absolute atomic E-state index is 0. The number of esters is 1. The monoisotopic (exact) mass is 385 g/mol. The molecule has 1 aromatic heterocycles. The first-order chi connectivity index (χ1) is 12.8. The number of hydrogen-bond acceptors (Lipinski definition) is 4. The molecule has 3 aromatic rings. The fraction of sp³-hybridized carbons (Fsp3) is 0.227. The van der Waals surface area contributed by atoms with Gasteiger partial charge in [0.25, 0.3) is 0 Å². The van der Waals surface area contributed by atoms with Gasteiger partial charge in [-0.2, -0.15) is 0 Å². The zero-order chi connectivity index (χ0) is 18.2. The van der Waals surface area contributed by atoms with E-state index in [9.17, 15) is 4.79 Å². The summed E-state index contributed by atoms with van der Waals surface area (Å²) < 4.78 is 10.9. The third-order valence-electron chi connectivity index (χ3n) is 4.07. The Kier molecular flexibility index (Phi) is 8.11. The van der Waals surface area contributed by atoms with Crippen LogP contribution in [0.1, 0.15) is 28.6 Å². The third kappa shape index (κ3) is 5.98. The summed E-state index contributed by atoms with van der Waals surface area (Å²) in [5, 5.41) is 3.40. The second-order valence-electron chi connectivity index (χ2n) is 5.98. The van der Waals surface area contributed by atoms with Crippen molar-refractivity contribution in [2.24, 2.45) is 0 Å². The topological polar surface area (TPSA) is 51.5 Å². The van der Waals surface area contributed by atoms with Crippen LogP contribution in [0.4, 0.5) is 0 Å². The van der Waals surface area contributed by atoms with E-state index in [0.29, 0.717) is 18.7 Å². The summed E-state index contributed by atoms with van der Waals surface area (Å²) in [6.07, 6.45) is 0.990. The van der Waals surface area contributed by atoms with E-state index in [-0.39, 0.29) is 18.4 Å². The molecule has 0 aliphatic rings. The summed E-state index contributed by atoms with van der Waals surface area (Å²) in [6.45, 7) is 3.76. The van der Waals surface area contributed by atoms with Gasteiger partial charge in [-0.1, -0.05) is 42.5 Å². The largest absolute Gasteiger partial charge is 0.462 e. The molecule has 142 valence electrons. The second-order valence-corrected chi connectivity index (χ2v) is 5.98. The fourth-order valence-corrected chi connectivity index (χ4v) is 2.70. The van der Waals surface area contributed by atoms with Gasteiger partial charge >= 0.3 is 5.97 Å². The van der Waals surface area contributed by atoms with Crippen molar-refractivity contribution < 1.29 is 13.9 Å². The maximum atomic E-state index is 11.7. The molecule has 2 aromatic carbocycles. The van der Waals surface area contributed by atoms with Gasteiger partial charge in [0.15, 0.2) is 0 Å². The van der Waals surface area contributed by atoms with E-state index in [1.165, 1.54) is 5.56 Å². The summed E-state index contributed by atoms with van der Waals surface area (Å²) in [6, 6.07) is 21.6. The highest BCUT2D eigenvalue weighted by atomic mass is 35.5. The van der Waals surface area contributed by atoms with Gasteiger partial charge < -0.3 is 14.5 Å². The molecule has 5 heteroatoms. The lowest BCUT2D eigenvalue weighted by atomic mass is 10.1. The van der Waals surface area contributed by atoms with Crippen molar-refractivity contribution in [2.75, 3.05) is 13.2 Å². The second kappa shape index (κ2) is 10.6. The molecular weight excluding hydrogens is 362 g/mol. The van der Waals surface area contributed by atoms with E-state index in [4.69, 9.17) is 9.15 Å². The molecule has 0 atom stereocenters. The van der Waals surface area contributed by atoms with Crippen LogP contribution >= 0.6 is 12.4 Å². The lowest BCUT2D eigenvalue weighted by Gasteiger charge is -2.04. The molecule has 4 nitrogen and oxygen atoms in total. The zero-order valence-corrected chi connectivity index (χ0v) is 16.1. The molecule has 3 rings (SSSR count). The van der Waals surface area contributed by atoms with Crippen molar-refractivity contribution in [2.45, 2.75) is 19.9 Å². The van der Waals surface area contributed by atoms with E-state index in [2.05, 4.69) is 29.6 Å². The van der Waals surface area contributed by atoms with Crippen molar-refractivity contribution in [3.05, 3.63) is 83.6 Å². The molecule has 0 unspecified atom stereocenters. The van der Waals surface area contributed by atoms with Crippen molar-refractivity contribution in [1.29, 1.82) is 0 Å². The lowest BCUT2D eigenvalue weighted by Crippen LogP contribution is -2.16. The first-order valence-electron chi connectivity index (χ1n) is 8.87. The quantitative estimate of drug-likeness (QED) is 0.443. The molecule has 0 bridgehead atoms. The number of furan rings is 1. The van der Waals surface area contributed by atoms with Crippen LogP contribution in [0, 0.1) is 0 Å². The van der Waals surface area contributed by atoms with Gasteiger partial charge in [-0.15, -0.1) is 12.4 Å². The van der Waals surface area contributed by atoms with Gasteiger partial charge in [0.2, 0.25) is 0 Å². The Morgan fingerprint density at radius 2 is 1.74 bits per heavy atom. The highest BCUT2D eigenvalue weighted by molar-refractivity contribution is 5.89. The molecule has 1 heterocycles. The van der Waals surface area contributed by atoms with Crippen LogP contribution in [-0.4, -0.2) is 19.1 Å². The molecular formula is C22H24ClNO3. The van der Waals surface area contributed by atoms with Crippen LogP contribution in [0.15, 0.2) is 71.1 Å². The zero-order valence-electron chi connectivity index (χ0n) is 15.3. The first-order valence-corrected chi connectivity index (χ1v) is 8.87. The van der Waals surface area contributed by atoms with E-state index in [1.807, 2.05) is 30.3 Å². The number of hydrogen-bond donors (Lipinski definition) is 1. The van der Waals surface area contributed by atoms with Crippen LogP contribution in [0.3, 0.4) is 0 Å². The maximum Gasteiger partial charge on any atom is 0.338 e. The molecule has 0 aliphatic heterocycles. The van der Waals surface area contributed by atoms with Gasteiger partial charge in [-0.25, -0.2) is 4.79 Å². The molecule has 0 radical (unpaired) electrons. The normalized spacial score (nSPS) is 10.3. The van der Waals surface area contributed by atoms with Crippen molar-refractivity contribution in [3.63, 3.8) is 0 Å². The third-order valence-corrected chi connectivity index (χ3v) is 4.07. The van der Waals surface area contributed by atoms with Crippen molar-refractivity contribution in [1.82, 2.24) is 5.32 Å². The van der Waals surface area contributed by atoms with Gasteiger partial charge in [0.1, 0.15) is 11.5 Å². The van der Waals surface area contributed by atoms with Gasteiger partial charge in [-0.05, 0) is 49.7 Å². The molecule has 1 N–H and O–H groups in total. The number of carbonyl (C=O) groups is 1. The number of rotatable bonds is 8. The standard InChI is InChI=1S/C22H23NO3.ClH/c1-2-25-22(24)19-10-8-18(9-11-19)21-13-12-20(26-21)16-23-15-14-17-6-4-3-5-7-17;/h3-13,23H,2,14-16H2,1H3;1H. The Morgan fingerprint density at radius 3 is 2.44 bits per heavy atom. The van der Waals surface area contributed by atoms with Gasteiger partial charge in [-0.3, -0.25) is 0 Å². The minimum atomic E-state index is -0.304. The Hall–Kier alpha value is -2.56. The predicted octanol–water partition coefficient (Wildman–Crippen LogP) is 4.88. The van der Waals surface area contributed by atoms with E-state index >= 15 is 0 Å². The van der Waals surface area contributed by atoms with Crippen LogP contribution in [0.5, 0.6) is 0 Å². The lowest BCUT2D eigenvalue weighted by molar-refractivity contribution is 0.0526. The van der Waals surface area contributed by atoms with Crippen molar-refractivity contribution >= 4 is 18.4 Å². The number of carbonyl (C=O) groups excluding carboxylic acids is 1. The molecule has 0 saturated heterocycles. The summed E-state index contributed by atoms with van der Waals surface area (Å²) in [5.74, 6) is 1.38. The van der Waals surface area contributed by atoms with Crippen LogP contribution < -0.4 is 5.32 Å². The summed E-state index contributed by atoms with van der Waals surface area (Å²) in [4.78, 5) is 11.7. The van der Waals surface area contributed by atoms with Gasteiger partial charge in [0, 0.05) is 5.56 Å². The predicted molar refractivity (Wildman–Crippen MR) is 109 cm³/mol. The first kappa shape index (κ1) is 20.7. The van der Waals surface area contributed by atoms with Crippen LogP contribution in [0.2, 0.25) is 0 Å². The minimum Gasteiger partial charge on any atom is -0.462 e. The van der Waals surface area contributed by atoms with Crippen LogP contribution in [0.25, 0.3) is 11.3 Å². The molecule has 27 heavy (non-hydrogen) atoms. The van der Waals surface area contributed by atoms with E-state index < -0.39 is 0 Å². The van der Waals surface area contributed by atoms with Crippen LogP contribution in [-0.2, 0) is 17.7 Å². The highest BCUT2D eigenvalue weighted by Gasteiger charge is 2.08. The Balaban J connectivity index is 0.00000261. The average molecular weight is 386 g/mol. The number of nitrogens with one attached hydrogen (secondary N) is 1. The van der Waals surface area contributed by atoms with E-state index in [0.717, 1.165) is 30.0 Å². The maximum absolute atomic E-state index is 11.7. The molecule has 0 fully saturated rings. The fourth-order valence-electron chi connectivity index (χ4n) is 2.70. The number of ether oxygens (including phenoxy) is 1. The van der Waals surface area contributed by atoms with Gasteiger partial charge in [0.05, 0.1) is 18.7 Å². The molecule has 0 amide bonds. The smallest absolute Gasteiger partial charge is 0.338 e. The molecule has 0 saturated carbocycles. The van der Waals surface area contributed by atoms with Crippen molar-refractivity contribution in [3.8, 4) is 11.3 Å². The SMILES string of the molecule is CCOC(=O)c1ccc(-c2ccc(CNCCc3ccccc3)o2)cc1.Cl. The number of benzene rings is 2. The Bertz CT molecular complexity index is 828. The Morgan fingerprint density at radius 1 is 1.00 bits per heavy atom. The number of halogens is 1. The average Bonchev–Trinajstić information content (AvgIpc) is 3.15. The van der Waals surface area contributed by atoms with E-state index in [1.54, 1.807) is 19.1 Å².